The van der Waals surface area contributed by atoms with Gasteiger partial charge in [0.25, 0.3) is 0 Å². The molecule has 0 atom stereocenters. The van der Waals surface area contributed by atoms with Gasteiger partial charge in [-0.15, -0.1) is 0 Å². The Morgan fingerprint density at radius 1 is 1.06 bits per heavy atom. The second-order valence-electron chi connectivity index (χ2n) is 3.54. The number of aliphatic imine (C=N–C) groups is 1. The fraction of sp³-hybridized carbons (Fsp3) is 0. The first-order valence-corrected chi connectivity index (χ1v) is 5.87. The zero-order valence-corrected chi connectivity index (χ0v) is 9.03. The topological polar surface area (TPSA) is 46.5 Å². The lowest BCUT2D eigenvalue weighted by molar-refractivity contribution is 0.627. The molecule has 1 aromatic carbocycles. The Bertz CT molecular complexity index is 698. The molecule has 1 aliphatic heterocycles. The standard InChI is InChI=1S/C12H7NO2S/c14-16(15)8-5-6-12-10(7-8)9-3-1-2-4-11(9)13-12/h1-7H. The first kappa shape index (κ1) is 9.30. The van der Waals surface area contributed by atoms with Crippen LogP contribution in [0.1, 0.15) is 5.56 Å². The summed E-state index contributed by atoms with van der Waals surface area (Å²) in [4.78, 5) is 4.71. The van der Waals surface area contributed by atoms with Gasteiger partial charge in [-0.25, -0.2) is 4.99 Å². The molecule has 78 valence electrons. The van der Waals surface area contributed by atoms with Crippen molar-refractivity contribution in [1.29, 1.82) is 0 Å². The Balaban J connectivity index is 2.29. The Morgan fingerprint density at radius 2 is 1.88 bits per heavy atom. The molecule has 0 fully saturated rings. The number of fused-ring (bicyclic) bond motifs is 3. The van der Waals surface area contributed by atoms with Crippen molar-refractivity contribution in [2.45, 2.75) is 0 Å². The van der Waals surface area contributed by atoms with Crippen molar-refractivity contribution >= 4 is 32.1 Å². The summed E-state index contributed by atoms with van der Waals surface area (Å²) in [6.07, 6.45) is 4.96. The lowest BCUT2D eigenvalue weighted by Gasteiger charge is -2.04. The van der Waals surface area contributed by atoms with Crippen molar-refractivity contribution < 1.29 is 8.42 Å². The maximum Gasteiger partial charge on any atom is 0.221 e. The number of para-hydroxylation sites is 1. The summed E-state index contributed by atoms with van der Waals surface area (Å²) >= 11 is 0. The first-order valence-electron chi connectivity index (χ1n) is 4.80. The van der Waals surface area contributed by atoms with Crippen LogP contribution in [-0.2, 0) is 10.3 Å². The van der Waals surface area contributed by atoms with Crippen molar-refractivity contribution in [1.82, 2.24) is 0 Å². The van der Waals surface area contributed by atoms with Crippen LogP contribution in [0.25, 0.3) is 5.57 Å². The molecule has 0 unspecified atom stereocenters. The van der Waals surface area contributed by atoms with Gasteiger partial charge in [0.1, 0.15) is 0 Å². The third-order valence-corrected chi connectivity index (χ3v) is 3.23. The van der Waals surface area contributed by atoms with Crippen LogP contribution in [0.15, 0.2) is 47.5 Å². The zero-order valence-electron chi connectivity index (χ0n) is 8.21. The lowest BCUT2D eigenvalue weighted by atomic mass is 9.98. The highest BCUT2D eigenvalue weighted by atomic mass is 32.2. The Morgan fingerprint density at radius 3 is 2.69 bits per heavy atom. The molecule has 3 rings (SSSR count). The van der Waals surface area contributed by atoms with Crippen LogP contribution in [0, 0.1) is 0 Å². The second-order valence-corrected chi connectivity index (χ2v) is 4.48. The average molecular weight is 229 g/mol. The summed E-state index contributed by atoms with van der Waals surface area (Å²) in [7, 11) is -2.19. The molecule has 0 saturated carbocycles. The van der Waals surface area contributed by atoms with Gasteiger partial charge in [-0.2, -0.15) is 8.42 Å². The molecule has 16 heavy (non-hydrogen) atoms. The summed E-state index contributed by atoms with van der Waals surface area (Å²) in [6.45, 7) is 0. The Kier molecular flexibility index (Phi) is 1.91. The highest BCUT2D eigenvalue weighted by Gasteiger charge is 2.21. The Labute approximate surface area is 94.0 Å². The van der Waals surface area contributed by atoms with E-state index in [4.69, 9.17) is 0 Å². The molecule has 0 aromatic heterocycles. The van der Waals surface area contributed by atoms with E-state index in [1.807, 2.05) is 24.3 Å². The van der Waals surface area contributed by atoms with Crippen molar-refractivity contribution in [3.63, 3.8) is 0 Å². The zero-order chi connectivity index (χ0) is 11.1. The quantitative estimate of drug-likeness (QED) is 0.636. The molecule has 0 radical (unpaired) electrons. The summed E-state index contributed by atoms with van der Waals surface area (Å²) in [5, 5.41) is 0. The molecule has 1 heterocycles. The molecule has 1 aromatic rings. The summed E-state index contributed by atoms with van der Waals surface area (Å²) in [6, 6.07) is 7.70. The van der Waals surface area contributed by atoms with Crippen molar-refractivity contribution in [3.8, 4) is 0 Å². The van der Waals surface area contributed by atoms with Crippen LogP contribution >= 0.6 is 0 Å². The molecular formula is C12H7NO2S. The van der Waals surface area contributed by atoms with Gasteiger partial charge < -0.3 is 0 Å². The maximum absolute atomic E-state index is 10.9. The highest BCUT2D eigenvalue weighted by molar-refractivity contribution is 7.73. The molecule has 0 spiro atoms. The van der Waals surface area contributed by atoms with Gasteiger partial charge in [0.2, 0.25) is 10.3 Å². The molecule has 3 nitrogen and oxygen atoms in total. The minimum Gasteiger partial charge on any atom is -0.248 e. The maximum atomic E-state index is 10.9. The number of hydrogen-bond donors (Lipinski definition) is 0. The van der Waals surface area contributed by atoms with Crippen LogP contribution in [0.5, 0.6) is 0 Å². The van der Waals surface area contributed by atoms with Crippen LogP contribution in [0.4, 0.5) is 5.69 Å². The molecule has 0 saturated heterocycles. The van der Waals surface area contributed by atoms with Gasteiger partial charge in [0.15, 0.2) is 0 Å². The molecule has 0 bridgehead atoms. The third-order valence-electron chi connectivity index (χ3n) is 2.60. The van der Waals surface area contributed by atoms with E-state index in [2.05, 4.69) is 4.99 Å². The minimum atomic E-state index is -2.19. The number of rotatable bonds is 0. The van der Waals surface area contributed by atoms with Gasteiger partial charge in [0.05, 0.1) is 16.3 Å². The molecule has 4 heteroatoms. The monoisotopic (exact) mass is 229 g/mol. The fourth-order valence-electron chi connectivity index (χ4n) is 1.86. The molecule has 0 amide bonds. The number of nitrogens with zero attached hydrogens (tertiary/aromatic N) is 1. The largest absolute Gasteiger partial charge is 0.248 e. The SMILES string of the molecule is O=S(=O)=C1C=CC2=Nc3ccccc3C2=C1. The van der Waals surface area contributed by atoms with Crippen LogP contribution < -0.4 is 0 Å². The average Bonchev–Trinajstić information content (AvgIpc) is 2.66. The van der Waals surface area contributed by atoms with Gasteiger partial charge >= 0.3 is 0 Å². The first-order chi connectivity index (χ1) is 7.75. The fourth-order valence-corrected chi connectivity index (χ4v) is 2.25. The number of allylic oxidation sites excluding steroid dienone is 4. The highest BCUT2D eigenvalue weighted by Crippen LogP contribution is 2.35. The van der Waals surface area contributed by atoms with E-state index in [-0.39, 0.29) is 0 Å². The number of benzene rings is 1. The van der Waals surface area contributed by atoms with Crippen LogP contribution in [0.3, 0.4) is 0 Å². The summed E-state index contributed by atoms with van der Waals surface area (Å²) in [5.74, 6) is 0. The van der Waals surface area contributed by atoms with Crippen LogP contribution in [0.2, 0.25) is 0 Å². The predicted molar refractivity (Wildman–Crippen MR) is 64.6 cm³/mol. The van der Waals surface area contributed by atoms with E-state index in [1.165, 1.54) is 0 Å². The van der Waals surface area contributed by atoms with Crippen molar-refractivity contribution in [3.05, 3.63) is 48.1 Å². The third kappa shape index (κ3) is 1.27. The normalized spacial score (nSPS) is 16.4. The van der Waals surface area contributed by atoms with Crippen molar-refractivity contribution in [2.24, 2.45) is 4.99 Å². The van der Waals surface area contributed by atoms with Gasteiger partial charge in [0, 0.05) is 11.1 Å². The van der Waals surface area contributed by atoms with Gasteiger partial charge in [-0.3, -0.25) is 0 Å². The van der Waals surface area contributed by atoms with Crippen LogP contribution in [-0.4, -0.2) is 19.0 Å². The molecule has 1 aliphatic carbocycles. The molecule has 0 N–H and O–H groups in total. The smallest absolute Gasteiger partial charge is 0.221 e. The summed E-state index contributed by atoms with van der Waals surface area (Å²) in [5.41, 5.74) is 3.60. The Hall–Kier alpha value is -1.94. The van der Waals surface area contributed by atoms with Crippen molar-refractivity contribution in [2.75, 3.05) is 0 Å². The molecular weight excluding hydrogens is 222 g/mol. The van der Waals surface area contributed by atoms with E-state index >= 15 is 0 Å². The van der Waals surface area contributed by atoms with E-state index in [1.54, 1.807) is 18.2 Å². The predicted octanol–water partition coefficient (Wildman–Crippen LogP) is 1.78. The molecule has 2 aliphatic rings. The lowest BCUT2D eigenvalue weighted by Crippen LogP contribution is -2.04. The van der Waals surface area contributed by atoms with E-state index in [0.29, 0.717) is 4.86 Å². The summed E-state index contributed by atoms with van der Waals surface area (Å²) < 4.78 is 21.8. The number of hydrogen-bond acceptors (Lipinski definition) is 3. The minimum absolute atomic E-state index is 0.297. The van der Waals surface area contributed by atoms with E-state index in [0.717, 1.165) is 22.5 Å². The van der Waals surface area contributed by atoms with E-state index in [9.17, 15) is 8.42 Å². The van der Waals surface area contributed by atoms with E-state index < -0.39 is 10.3 Å². The van der Waals surface area contributed by atoms with Gasteiger partial charge in [-0.05, 0) is 24.3 Å². The second kappa shape index (κ2) is 3.28. The van der Waals surface area contributed by atoms with Gasteiger partial charge in [-0.1, -0.05) is 18.2 Å².